The molecular formula is C10H23P. The highest BCUT2D eigenvalue weighted by Crippen LogP contribution is 2.35. The SMILES string of the molecule is CCP(CC)CCCC(C)C. The minimum Gasteiger partial charge on any atom is -0.107 e. The molecule has 0 amide bonds. The second-order valence-corrected chi connectivity index (χ2v) is 6.62. The molecule has 0 atom stereocenters. The lowest BCUT2D eigenvalue weighted by Gasteiger charge is -2.13. The molecule has 0 aliphatic carbocycles. The minimum absolute atomic E-state index is 0.413. The van der Waals surface area contributed by atoms with E-state index in [0.717, 1.165) is 5.92 Å². The van der Waals surface area contributed by atoms with E-state index in [-0.39, 0.29) is 0 Å². The number of hydrogen-bond donors (Lipinski definition) is 0. The van der Waals surface area contributed by atoms with Gasteiger partial charge in [0, 0.05) is 0 Å². The normalized spacial score (nSPS) is 11.5. The van der Waals surface area contributed by atoms with Crippen LogP contribution in [-0.2, 0) is 0 Å². The summed E-state index contributed by atoms with van der Waals surface area (Å²) in [6, 6.07) is 0. The Bertz CT molecular complexity index is 74.9. The molecule has 0 aromatic carbocycles. The minimum atomic E-state index is 0.413. The fourth-order valence-electron chi connectivity index (χ4n) is 1.26. The van der Waals surface area contributed by atoms with Crippen LogP contribution in [0.25, 0.3) is 0 Å². The second kappa shape index (κ2) is 7.10. The molecule has 0 aliphatic rings. The predicted octanol–water partition coefficient (Wildman–Crippen LogP) is 3.94. The third-order valence-electron chi connectivity index (χ3n) is 2.15. The molecule has 0 nitrogen and oxygen atoms in total. The summed E-state index contributed by atoms with van der Waals surface area (Å²) < 4.78 is 0. The van der Waals surface area contributed by atoms with Gasteiger partial charge in [0.05, 0.1) is 0 Å². The first-order valence-corrected chi connectivity index (χ1v) is 6.82. The van der Waals surface area contributed by atoms with Crippen LogP contribution in [0.1, 0.15) is 40.5 Å². The smallest absolute Gasteiger partial charge is 0.0326 e. The van der Waals surface area contributed by atoms with E-state index in [0.29, 0.717) is 7.92 Å². The van der Waals surface area contributed by atoms with Crippen molar-refractivity contribution < 1.29 is 0 Å². The van der Waals surface area contributed by atoms with E-state index in [1.165, 1.54) is 31.3 Å². The van der Waals surface area contributed by atoms with Gasteiger partial charge in [-0.05, 0) is 30.8 Å². The topological polar surface area (TPSA) is 0 Å². The van der Waals surface area contributed by atoms with E-state index in [4.69, 9.17) is 0 Å². The highest BCUT2D eigenvalue weighted by molar-refractivity contribution is 7.57. The monoisotopic (exact) mass is 174 g/mol. The van der Waals surface area contributed by atoms with E-state index in [2.05, 4.69) is 27.7 Å². The van der Waals surface area contributed by atoms with Crippen molar-refractivity contribution in [2.45, 2.75) is 40.5 Å². The molecule has 0 heterocycles. The summed E-state index contributed by atoms with van der Waals surface area (Å²) in [5.41, 5.74) is 0. The Hall–Kier alpha value is 0.430. The van der Waals surface area contributed by atoms with E-state index in [1.807, 2.05) is 0 Å². The summed E-state index contributed by atoms with van der Waals surface area (Å²) in [5.74, 6) is 0.903. The zero-order valence-corrected chi connectivity index (χ0v) is 9.45. The molecule has 0 aromatic heterocycles. The van der Waals surface area contributed by atoms with Crippen molar-refractivity contribution in [1.29, 1.82) is 0 Å². The quantitative estimate of drug-likeness (QED) is 0.535. The first-order valence-electron chi connectivity index (χ1n) is 4.93. The summed E-state index contributed by atoms with van der Waals surface area (Å²) in [6.45, 7) is 9.31. The number of rotatable bonds is 6. The molecule has 0 radical (unpaired) electrons. The zero-order chi connectivity index (χ0) is 8.69. The van der Waals surface area contributed by atoms with Gasteiger partial charge in [-0.25, -0.2) is 0 Å². The van der Waals surface area contributed by atoms with Crippen molar-refractivity contribution in [3.8, 4) is 0 Å². The van der Waals surface area contributed by atoms with E-state index >= 15 is 0 Å². The molecule has 0 rings (SSSR count). The Balaban J connectivity index is 3.21. The van der Waals surface area contributed by atoms with Crippen LogP contribution in [0.15, 0.2) is 0 Å². The third-order valence-corrected chi connectivity index (χ3v) is 4.89. The molecule has 0 bridgehead atoms. The molecule has 0 unspecified atom stereocenters. The number of hydrogen-bond acceptors (Lipinski definition) is 0. The Morgan fingerprint density at radius 1 is 1.09 bits per heavy atom. The first kappa shape index (κ1) is 11.4. The molecule has 0 fully saturated rings. The lowest BCUT2D eigenvalue weighted by Crippen LogP contribution is -1.93. The molecule has 11 heavy (non-hydrogen) atoms. The molecule has 0 aliphatic heterocycles. The lowest BCUT2D eigenvalue weighted by atomic mass is 10.1. The van der Waals surface area contributed by atoms with E-state index in [1.54, 1.807) is 0 Å². The van der Waals surface area contributed by atoms with Crippen LogP contribution in [-0.4, -0.2) is 18.5 Å². The molecule has 0 aromatic rings. The summed E-state index contributed by atoms with van der Waals surface area (Å²) in [6.07, 6.45) is 7.28. The summed E-state index contributed by atoms with van der Waals surface area (Å²) >= 11 is 0. The Morgan fingerprint density at radius 2 is 1.64 bits per heavy atom. The fraction of sp³-hybridized carbons (Fsp3) is 1.00. The van der Waals surface area contributed by atoms with Crippen LogP contribution >= 0.6 is 7.92 Å². The maximum absolute atomic E-state index is 2.34. The van der Waals surface area contributed by atoms with Crippen molar-refractivity contribution in [2.24, 2.45) is 5.92 Å². The third kappa shape index (κ3) is 6.81. The summed E-state index contributed by atoms with van der Waals surface area (Å²) in [4.78, 5) is 0. The van der Waals surface area contributed by atoms with Crippen LogP contribution in [0.4, 0.5) is 0 Å². The molecule has 1 heteroatoms. The highest BCUT2D eigenvalue weighted by atomic mass is 31.1. The zero-order valence-electron chi connectivity index (χ0n) is 8.56. The van der Waals surface area contributed by atoms with Gasteiger partial charge in [0.25, 0.3) is 0 Å². The van der Waals surface area contributed by atoms with Gasteiger partial charge < -0.3 is 0 Å². The maximum Gasteiger partial charge on any atom is -0.0326 e. The van der Waals surface area contributed by atoms with Crippen LogP contribution in [0.5, 0.6) is 0 Å². The van der Waals surface area contributed by atoms with Gasteiger partial charge in [-0.2, -0.15) is 0 Å². The van der Waals surface area contributed by atoms with Gasteiger partial charge in [-0.15, -0.1) is 7.92 Å². The predicted molar refractivity (Wildman–Crippen MR) is 56.9 cm³/mol. The van der Waals surface area contributed by atoms with Crippen molar-refractivity contribution in [3.63, 3.8) is 0 Å². The molecular weight excluding hydrogens is 151 g/mol. The van der Waals surface area contributed by atoms with E-state index < -0.39 is 0 Å². The molecule has 0 saturated carbocycles. The summed E-state index contributed by atoms with van der Waals surface area (Å²) in [7, 11) is 0.413. The Labute approximate surface area is 73.5 Å². The van der Waals surface area contributed by atoms with Gasteiger partial charge >= 0.3 is 0 Å². The van der Waals surface area contributed by atoms with Gasteiger partial charge in [0.1, 0.15) is 0 Å². The second-order valence-electron chi connectivity index (χ2n) is 3.56. The standard InChI is InChI=1S/C10H23P/c1-5-11(6-2)9-7-8-10(3)4/h10H,5-9H2,1-4H3. The highest BCUT2D eigenvalue weighted by Gasteiger charge is 2.02. The van der Waals surface area contributed by atoms with Crippen LogP contribution in [0.2, 0.25) is 0 Å². The van der Waals surface area contributed by atoms with Crippen molar-refractivity contribution in [1.82, 2.24) is 0 Å². The fourth-order valence-corrected chi connectivity index (χ4v) is 2.97. The molecule has 0 N–H and O–H groups in total. The lowest BCUT2D eigenvalue weighted by molar-refractivity contribution is 0.578. The van der Waals surface area contributed by atoms with Gasteiger partial charge in [-0.1, -0.05) is 34.1 Å². The Morgan fingerprint density at radius 3 is 2.00 bits per heavy atom. The van der Waals surface area contributed by atoms with Gasteiger partial charge in [0.2, 0.25) is 0 Å². The average Bonchev–Trinajstić information content (AvgIpc) is 1.98. The van der Waals surface area contributed by atoms with Gasteiger partial charge in [-0.3, -0.25) is 0 Å². The van der Waals surface area contributed by atoms with Crippen LogP contribution in [0.3, 0.4) is 0 Å². The average molecular weight is 174 g/mol. The molecule has 0 spiro atoms. The van der Waals surface area contributed by atoms with Crippen molar-refractivity contribution in [3.05, 3.63) is 0 Å². The molecule has 0 saturated heterocycles. The maximum atomic E-state index is 2.34. The van der Waals surface area contributed by atoms with Gasteiger partial charge in [0.15, 0.2) is 0 Å². The van der Waals surface area contributed by atoms with Crippen LogP contribution < -0.4 is 0 Å². The van der Waals surface area contributed by atoms with Crippen molar-refractivity contribution in [2.75, 3.05) is 18.5 Å². The van der Waals surface area contributed by atoms with Crippen molar-refractivity contribution >= 4 is 7.92 Å². The van der Waals surface area contributed by atoms with E-state index in [9.17, 15) is 0 Å². The van der Waals surface area contributed by atoms with Crippen LogP contribution in [0, 0.1) is 5.92 Å². The molecule has 68 valence electrons. The first-order chi connectivity index (χ1) is 5.20. The summed E-state index contributed by atoms with van der Waals surface area (Å²) in [5, 5.41) is 0. The Kier molecular flexibility index (Phi) is 7.38. The largest absolute Gasteiger partial charge is 0.107 e.